The molecule has 0 atom stereocenters. The van der Waals surface area contributed by atoms with Gasteiger partial charge in [0.25, 0.3) is 0 Å². The van der Waals surface area contributed by atoms with E-state index in [1.54, 1.807) is 13.2 Å². The molecule has 0 saturated heterocycles. The summed E-state index contributed by atoms with van der Waals surface area (Å²) in [7, 11) is 1.60. The normalized spacial score (nSPS) is 17.6. The number of aliphatic hydroxyl groups excluding tert-OH is 1. The van der Waals surface area contributed by atoms with Crippen LogP contribution < -0.4 is 11.1 Å². The van der Waals surface area contributed by atoms with Crippen molar-refractivity contribution in [2.24, 2.45) is 5.41 Å². The zero-order chi connectivity index (χ0) is 13.7. The van der Waals surface area contributed by atoms with Crippen molar-refractivity contribution in [2.75, 3.05) is 31.3 Å². The molecule has 1 aliphatic rings. The summed E-state index contributed by atoms with van der Waals surface area (Å²) in [5.41, 5.74) is 5.73. The van der Waals surface area contributed by atoms with E-state index in [0.717, 1.165) is 12.8 Å². The third-order valence-corrected chi connectivity index (χ3v) is 3.71. The van der Waals surface area contributed by atoms with Crippen LogP contribution in [0.2, 0.25) is 0 Å². The van der Waals surface area contributed by atoms with E-state index in [0.29, 0.717) is 30.6 Å². The second-order valence-electron chi connectivity index (χ2n) is 5.25. The number of aromatic nitrogens is 2. The largest absolute Gasteiger partial charge is 0.396 e. The summed E-state index contributed by atoms with van der Waals surface area (Å²) in [6.07, 6.45) is 4.48. The van der Waals surface area contributed by atoms with E-state index in [2.05, 4.69) is 15.3 Å². The average Bonchev–Trinajstić information content (AvgIpc) is 2.86. The molecule has 0 unspecified atom stereocenters. The summed E-state index contributed by atoms with van der Waals surface area (Å²) in [4.78, 5) is 8.43. The van der Waals surface area contributed by atoms with Crippen LogP contribution >= 0.6 is 0 Å². The fourth-order valence-corrected chi connectivity index (χ4v) is 2.60. The van der Waals surface area contributed by atoms with Gasteiger partial charge in [0.1, 0.15) is 18.2 Å². The summed E-state index contributed by atoms with van der Waals surface area (Å²) in [5.74, 6) is 1.68. The van der Waals surface area contributed by atoms with Crippen LogP contribution in [0.5, 0.6) is 0 Å². The van der Waals surface area contributed by atoms with Gasteiger partial charge in [-0.05, 0) is 12.8 Å². The summed E-state index contributed by atoms with van der Waals surface area (Å²) in [6.45, 7) is 1.27. The number of aliphatic hydroxyl groups is 1. The Labute approximate surface area is 113 Å². The number of methoxy groups -OCH3 is 1. The highest BCUT2D eigenvalue weighted by molar-refractivity contribution is 5.44. The summed E-state index contributed by atoms with van der Waals surface area (Å²) in [6, 6.07) is 1.71. The van der Waals surface area contributed by atoms with Gasteiger partial charge in [0, 0.05) is 25.1 Å². The molecule has 19 heavy (non-hydrogen) atoms. The van der Waals surface area contributed by atoms with Crippen LogP contribution in [0.15, 0.2) is 6.07 Å². The Hall–Kier alpha value is -1.40. The molecule has 0 aromatic carbocycles. The molecule has 0 bridgehead atoms. The van der Waals surface area contributed by atoms with Crippen LogP contribution in [-0.4, -0.2) is 35.3 Å². The summed E-state index contributed by atoms with van der Waals surface area (Å²) >= 11 is 0. The molecule has 6 nitrogen and oxygen atoms in total. The van der Waals surface area contributed by atoms with E-state index in [4.69, 9.17) is 10.5 Å². The minimum Gasteiger partial charge on any atom is -0.396 e. The lowest BCUT2D eigenvalue weighted by Crippen LogP contribution is -2.30. The van der Waals surface area contributed by atoms with Crippen molar-refractivity contribution in [1.82, 2.24) is 9.97 Å². The molecule has 2 rings (SSSR count). The molecule has 6 heteroatoms. The summed E-state index contributed by atoms with van der Waals surface area (Å²) < 4.78 is 5.01. The second-order valence-corrected chi connectivity index (χ2v) is 5.25. The number of nitrogens with two attached hydrogens (primary N) is 1. The van der Waals surface area contributed by atoms with Gasteiger partial charge in [-0.2, -0.15) is 0 Å². The zero-order valence-corrected chi connectivity index (χ0v) is 11.4. The van der Waals surface area contributed by atoms with Crippen LogP contribution in [0, 0.1) is 5.41 Å². The van der Waals surface area contributed by atoms with Crippen LogP contribution in [0.3, 0.4) is 0 Å². The first kappa shape index (κ1) is 14.0. The maximum Gasteiger partial charge on any atom is 0.158 e. The van der Waals surface area contributed by atoms with Crippen molar-refractivity contribution >= 4 is 11.6 Å². The van der Waals surface area contributed by atoms with Crippen LogP contribution in [0.4, 0.5) is 11.6 Å². The molecule has 1 fully saturated rings. The van der Waals surface area contributed by atoms with Gasteiger partial charge < -0.3 is 20.9 Å². The lowest BCUT2D eigenvalue weighted by molar-refractivity contribution is 0.142. The molecule has 0 amide bonds. The number of nitrogens with one attached hydrogen (secondary N) is 1. The molecule has 1 heterocycles. The van der Waals surface area contributed by atoms with Crippen LogP contribution in [0.25, 0.3) is 0 Å². The van der Waals surface area contributed by atoms with E-state index in [1.165, 1.54) is 12.8 Å². The van der Waals surface area contributed by atoms with Crippen LogP contribution in [0.1, 0.15) is 31.5 Å². The van der Waals surface area contributed by atoms with Crippen molar-refractivity contribution in [3.63, 3.8) is 0 Å². The van der Waals surface area contributed by atoms with E-state index >= 15 is 0 Å². The maximum absolute atomic E-state index is 9.57. The lowest BCUT2D eigenvalue weighted by atomic mass is 9.87. The number of rotatable bonds is 6. The molecular formula is C13H22N4O2. The van der Waals surface area contributed by atoms with Crippen molar-refractivity contribution in [3.8, 4) is 0 Å². The number of nitrogen functional groups attached to an aromatic ring is 1. The van der Waals surface area contributed by atoms with Gasteiger partial charge in [0.05, 0.1) is 6.61 Å². The molecule has 1 aromatic heterocycles. The van der Waals surface area contributed by atoms with Crippen molar-refractivity contribution < 1.29 is 9.84 Å². The quantitative estimate of drug-likeness (QED) is 0.715. The Balaban J connectivity index is 2.02. The number of anilines is 2. The molecule has 4 N–H and O–H groups in total. The Morgan fingerprint density at radius 2 is 2.16 bits per heavy atom. The first-order valence-corrected chi connectivity index (χ1v) is 6.64. The van der Waals surface area contributed by atoms with Gasteiger partial charge >= 0.3 is 0 Å². The first-order chi connectivity index (χ1) is 9.17. The SMILES string of the molecule is COCc1nc(N)cc(NCC2(CO)CCCC2)n1. The highest BCUT2D eigenvalue weighted by Crippen LogP contribution is 2.37. The fraction of sp³-hybridized carbons (Fsp3) is 0.692. The molecule has 1 aliphatic carbocycles. The number of nitrogens with zero attached hydrogens (tertiary/aromatic N) is 2. The molecule has 106 valence electrons. The topological polar surface area (TPSA) is 93.3 Å². The highest BCUT2D eigenvalue weighted by Gasteiger charge is 2.33. The van der Waals surface area contributed by atoms with E-state index in [1.807, 2.05) is 0 Å². The molecule has 0 spiro atoms. The van der Waals surface area contributed by atoms with Gasteiger partial charge in [-0.15, -0.1) is 0 Å². The van der Waals surface area contributed by atoms with Crippen molar-refractivity contribution in [2.45, 2.75) is 32.3 Å². The van der Waals surface area contributed by atoms with Crippen molar-refractivity contribution in [1.29, 1.82) is 0 Å². The van der Waals surface area contributed by atoms with Gasteiger partial charge in [0.15, 0.2) is 5.82 Å². The molecule has 0 radical (unpaired) electrons. The maximum atomic E-state index is 9.57. The monoisotopic (exact) mass is 266 g/mol. The predicted octanol–water partition coefficient (Wildman–Crippen LogP) is 1.17. The minimum atomic E-state index is -0.0128. The van der Waals surface area contributed by atoms with Gasteiger partial charge in [-0.3, -0.25) is 0 Å². The van der Waals surface area contributed by atoms with Crippen LogP contribution in [-0.2, 0) is 11.3 Å². The van der Waals surface area contributed by atoms with E-state index in [9.17, 15) is 5.11 Å². The average molecular weight is 266 g/mol. The summed E-state index contributed by atoms with van der Waals surface area (Å²) in [5, 5.41) is 12.8. The molecule has 1 aromatic rings. The van der Waals surface area contributed by atoms with Gasteiger partial charge in [-0.1, -0.05) is 12.8 Å². The van der Waals surface area contributed by atoms with Gasteiger partial charge in [-0.25, -0.2) is 9.97 Å². The third kappa shape index (κ3) is 3.54. The third-order valence-electron chi connectivity index (χ3n) is 3.71. The predicted molar refractivity (Wildman–Crippen MR) is 73.6 cm³/mol. The number of ether oxygens (including phenoxy) is 1. The molecule has 1 saturated carbocycles. The Morgan fingerprint density at radius 3 is 2.79 bits per heavy atom. The van der Waals surface area contributed by atoms with Gasteiger partial charge in [0.2, 0.25) is 0 Å². The van der Waals surface area contributed by atoms with E-state index < -0.39 is 0 Å². The highest BCUT2D eigenvalue weighted by atomic mass is 16.5. The second kappa shape index (κ2) is 6.16. The standard InChI is InChI=1S/C13H22N4O2/c1-19-7-12-16-10(14)6-11(17-12)15-8-13(9-18)4-2-3-5-13/h6,18H,2-5,7-9H2,1H3,(H3,14,15,16,17). The Bertz CT molecular complexity index is 419. The smallest absolute Gasteiger partial charge is 0.158 e. The number of hydrogen-bond donors (Lipinski definition) is 3. The van der Waals surface area contributed by atoms with E-state index in [-0.39, 0.29) is 12.0 Å². The molecule has 0 aliphatic heterocycles. The Kier molecular flexibility index (Phi) is 4.55. The lowest BCUT2D eigenvalue weighted by Gasteiger charge is -2.26. The van der Waals surface area contributed by atoms with Crippen molar-refractivity contribution in [3.05, 3.63) is 11.9 Å². The zero-order valence-electron chi connectivity index (χ0n) is 11.4. The number of hydrogen-bond acceptors (Lipinski definition) is 6. The first-order valence-electron chi connectivity index (χ1n) is 6.64. The fourth-order valence-electron chi connectivity index (χ4n) is 2.60. The minimum absolute atomic E-state index is 0.0128. The molecular weight excluding hydrogens is 244 g/mol. The Morgan fingerprint density at radius 1 is 1.42 bits per heavy atom.